The second kappa shape index (κ2) is 17.9. The van der Waals surface area contributed by atoms with Gasteiger partial charge >= 0.3 is 36.4 Å². The van der Waals surface area contributed by atoms with E-state index in [1.165, 1.54) is 23.4 Å². The number of pyridine rings is 1. The molecule has 2 aliphatic rings. The third-order valence-corrected chi connectivity index (χ3v) is 6.72. The van der Waals surface area contributed by atoms with E-state index in [1.807, 2.05) is 23.7 Å². The number of nitrogens with zero attached hydrogens (tertiary/aromatic N) is 3. The molecule has 2 saturated heterocycles. The predicted octanol–water partition coefficient (Wildman–Crippen LogP) is 4.77. The Kier molecular flexibility index (Phi) is 15.7. The van der Waals surface area contributed by atoms with E-state index in [0.29, 0.717) is 12.0 Å². The van der Waals surface area contributed by atoms with Gasteiger partial charge in [-0.05, 0) is 42.1 Å². The summed E-state index contributed by atoms with van der Waals surface area (Å²) in [5, 5.41) is 23.5. The number of rotatable bonds is 4. The number of thiophene rings is 1. The number of fused-ring (bicyclic) bond motifs is 1. The summed E-state index contributed by atoms with van der Waals surface area (Å²) in [7, 11) is 0. The first-order chi connectivity index (χ1) is 20.7. The maximum absolute atomic E-state index is 10.6. The lowest BCUT2D eigenvalue weighted by molar-refractivity contribution is -0.193. The van der Waals surface area contributed by atoms with Crippen LogP contribution < -0.4 is 0 Å². The van der Waals surface area contributed by atoms with Gasteiger partial charge in [0.15, 0.2) is 0 Å². The van der Waals surface area contributed by atoms with Crippen molar-refractivity contribution in [2.24, 2.45) is 5.92 Å². The first-order valence-corrected chi connectivity index (χ1v) is 13.5. The summed E-state index contributed by atoms with van der Waals surface area (Å²) >= 11 is 1.86. The minimum atomic E-state index is -5.08. The van der Waals surface area contributed by atoms with Gasteiger partial charge in [0, 0.05) is 55.9 Å². The van der Waals surface area contributed by atoms with Crippen molar-refractivity contribution in [1.82, 2.24) is 14.8 Å². The van der Waals surface area contributed by atoms with Crippen molar-refractivity contribution in [3.05, 3.63) is 52.5 Å². The van der Waals surface area contributed by atoms with Gasteiger partial charge in [-0.25, -0.2) is 14.4 Å². The highest BCUT2D eigenvalue weighted by molar-refractivity contribution is 7.09. The number of alkyl halides is 9. The van der Waals surface area contributed by atoms with Gasteiger partial charge in [-0.3, -0.25) is 14.8 Å². The van der Waals surface area contributed by atoms with Crippen molar-refractivity contribution in [3.63, 3.8) is 0 Å². The quantitative estimate of drug-likeness (QED) is 0.386. The number of ether oxygens (including phenoxy) is 1. The predicted molar refractivity (Wildman–Crippen MR) is 138 cm³/mol. The van der Waals surface area contributed by atoms with E-state index in [-0.39, 0.29) is 0 Å². The SMILES string of the molecule is O=C(O)C(F)(F)F.O=C(O)C(F)(F)F.O=C(O)C(F)(F)F.c1csc(CN2CC[C@@H]3CN(Cc4ccncc4)CCO[C@@H]3C2)c1. The summed E-state index contributed by atoms with van der Waals surface area (Å²) in [6, 6.07) is 8.62. The number of likely N-dealkylation sites (tertiary alicyclic amines) is 1. The first-order valence-electron chi connectivity index (χ1n) is 12.6. The largest absolute Gasteiger partial charge is 0.490 e. The lowest BCUT2D eigenvalue weighted by Crippen LogP contribution is -2.46. The molecule has 4 rings (SSSR count). The summed E-state index contributed by atoms with van der Waals surface area (Å²) < 4.78 is 101. The van der Waals surface area contributed by atoms with Crippen LogP contribution in [-0.4, -0.2) is 105 Å². The molecule has 3 N–H and O–H groups in total. The summed E-state index contributed by atoms with van der Waals surface area (Å²) in [5.41, 5.74) is 1.35. The third-order valence-electron chi connectivity index (χ3n) is 5.85. The Morgan fingerprint density at radius 1 is 0.800 bits per heavy atom. The number of carbonyl (C=O) groups is 3. The van der Waals surface area contributed by atoms with Gasteiger partial charge in [0.05, 0.1) is 12.7 Å². The van der Waals surface area contributed by atoms with Crippen LogP contribution in [0.5, 0.6) is 0 Å². The minimum absolute atomic E-state index is 0.390. The lowest BCUT2D eigenvalue weighted by Gasteiger charge is -2.37. The molecule has 0 saturated carbocycles. The number of halogens is 9. The van der Waals surface area contributed by atoms with E-state index >= 15 is 0 Å². The van der Waals surface area contributed by atoms with E-state index in [0.717, 1.165) is 39.3 Å². The van der Waals surface area contributed by atoms with Crippen LogP contribution in [0.25, 0.3) is 0 Å². The van der Waals surface area contributed by atoms with Gasteiger partial charge in [-0.2, -0.15) is 39.5 Å². The molecule has 2 fully saturated rings. The van der Waals surface area contributed by atoms with Gasteiger partial charge in [0.25, 0.3) is 0 Å². The molecule has 2 atom stereocenters. The van der Waals surface area contributed by atoms with Crippen LogP contribution in [0.3, 0.4) is 0 Å². The zero-order valence-corrected chi connectivity index (χ0v) is 23.8. The summed E-state index contributed by atoms with van der Waals surface area (Å²) in [5.74, 6) is -7.61. The fourth-order valence-corrected chi connectivity index (χ4v) is 4.59. The van der Waals surface area contributed by atoms with Gasteiger partial charge < -0.3 is 20.1 Å². The highest BCUT2D eigenvalue weighted by atomic mass is 32.1. The highest BCUT2D eigenvalue weighted by Crippen LogP contribution is 2.26. The van der Waals surface area contributed by atoms with Crippen LogP contribution in [0, 0.1) is 5.92 Å². The number of carboxylic acid groups (broad SMARTS) is 3. The second-order valence-corrected chi connectivity index (χ2v) is 10.3. The van der Waals surface area contributed by atoms with Crippen molar-refractivity contribution in [1.29, 1.82) is 0 Å². The van der Waals surface area contributed by atoms with Crippen molar-refractivity contribution < 1.29 is 74.0 Å². The molecule has 0 unspecified atom stereocenters. The molecule has 2 aromatic rings. The molecular weight excluding hydrogens is 657 g/mol. The Balaban J connectivity index is 0.000000396. The van der Waals surface area contributed by atoms with E-state index in [9.17, 15) is 39.5 Å². The molecule has 0 aliphatic carbocycles. The number of carboxylic acids is 3. The number of aliphatic carboxylic acids is 3. The van der Waals surface area contributed by atoms with Crippen molar-refractivity contribution in [2.45, 2.75) is 44.1 Å². The fourth-order valence-electron chi connectivity index (χ4n) is 3.84. The molecule has 254 valence electrons. The Hall–Kier alpha value is -3.49. The number of piperidine rings is 1. The maximum Gasteiger partial charge on any atom is 0.490 e. The first kappa shape index (κ1) is 39.5. The van der Waals surface area contributed by atoms with Crippen molar-refractivity contribution in [3.8, 4) is 0 Å². The summed E-state index contributed by atoms with van der Waals surface area (Å²) in [4.78, 5) is 37.4. The van der Waals surface area contributed by atoms with Crippen LogP contribution in [0.4, 0.5) is 39.5 Å². The number of aromatic nitrogens is 1. The molecule has 0 radical (unpaired) electrons. The van der Waals surface area contributed by atoms with Crippen LogP contribution in [0.1, 0.15) is 16.9 Å². The smallest absolute Gasteiger partial charge is 0.475 e. The Morgan fingerprint density at radius 2 is 1.29 bits per heavy atom. The van der Waals surface area contributed by atoms with E-state index in [1.54, 1.807) is 0 Å². The molecule has 2 aliphatic heterocycles. The Labute approximate surface area is 253 Å². The standard InChI is InChI=1S/C19H25N3OS.3C2HF3O2/c1-2-18(24-11-1)14-21-8-5-17-13-22(9-10-23-19(17)15-21)12-16-3-6-20-7-4-16;3*3-2(4,5)1(6)7/h1-4,6-7,11,17,19H,5,8-10,12-15H2;3*(H,6,7)/t17-,19-;;;/m1.../s1. The fraction of sp³-hybridized carbons (Fsp3) is 0.520. The van der Waals surface area contributed by atoms with Gasteiger partial charge in [0.2, 0.25) is 0 Å². The molecule has 0 aromatic carbocycles. The monoisotopic (exact) mass is 685 g/mol. The molecule has 45 heavy (non-hydrogen) atoms. The number of hydrogen-bond donors (Lipinski definition) is 3. The molecule has 2 aromatic heterocycles. The van der Waals surface area contributed by atoms with E-state index < -0.39 is 36.4 Å². The van der Waals surface area contributed by atoms with Crippen LogP contribution >= 0.6 is 11.3 Å². The Morgan fingerprint density at radius 3 is 1.73 bits per heavy atom. The molecule has 10 nitrogen and oxygen atoms in total. The van der Waals surface area contributed by atoms with E-state index in [4.69, 9.17) is 34.4 Å². The minimum Gasteiger partial charge on any atom is -0.475 e. The highest BCUT2D eigenvalue weighted by Gasteiger charge is 2.39. The average Bonchev–Trinajstić information content (AvgIpc) is 3.35. The average molecular weight is 686 g/mol. The lowest BCUT2D eigenvalue weighted by atomic mass is 9.93. The van der Waals surface area contributed by atoms with Crippen LogP contribution in [0.2, 0.25) is 0 Å². The van der Waals surface area contributed by atoms with Crippen LogP contribution in [-0.2, 0) is 32.2 Å². The molecule has 4 heterocycles. The molecular formula is C25H28F9N3O7S. The third kappa shape index (κ3) is 16.4. The summed E-state index contributed by atoms with van der Waals surface area (Å²) in [6.07, 6.45) is -9.85. The van der Waals surface area contributed by atoms with Crippen molar-refractivity contribution in [2.75, 3.05) is 32.8 Å². The van der Waals surface area contributed by atoms with Gasteiger partial charge in [0.1, 0.15) is 0 Å². The summed E-state index contributed by atoms with van der Waals surface area (Å²) in [6.45, 7) is 7.37. The molecule has 20 heteroatoms. The molecule has 0 amide bonds. The molecule has 0 spiro atoms. The molecule has 0 bridgehead atoms. The van der Waals surface area contributed by atoms with E-state index in [2.05, 4.69) is 44.4 Å². The second-order valence-electron chi connectivity index (χ2n) is 9.27. The zero-order valence-electron chi connectivity index (χ0n) is 23.0. The number of hydrogen-bond acceptors (Lipinski definition) is 8. The van der Waals surface area contributed by atoms with Gasteiger partial charge in [-0.15, -0.1) is 11.3 Å². The zero-order chi connectivity index (χ0) is 34.4. The maximum atomic E-state index is 10.6. The van der Waals surface area contributed by atoms with Crippen LogP contribution in [0.15, 0.2) is 42.0 Å². The van der Waals surface area contributed by atoms with Crippen molar-refractivity contribution >= 4 is 29.2 Å². The van der Waals surface area contributed by atoms with Gasteiger partial charge in [-0.1, -0.05) is 6.07 Å². The normalized spacial score (nSPS) is 19.1. The topological polar surface area (TPSA) is 140 Å². The Bertz CT molecular complexity index is 1120.